The van der Waals surface area contributed by atoms with Gasteiger partial charge in [0.2, 0.25) is 5.76 Å². The molecule has 1 aliphatic carbocycles. The van der Waals surface area contributed by atoms with E-state index >= 15 is 0 Å². The van der Waals surface area contributed by atoms with E-state index in [4.69, 9.17) is 14.3 Å². The Morgan fingerprint density at radius 3 is 2.51 bits per heavy atom. The number of nitrogens with one attached hydrogen (secondary N) is 1. The summed E-state index contributed by atoms with van der Waals surface area (Å²) in [6.45, 7) is 5.76. The third kappa shape index (κ3) is 6.38. The average Bonchev–Trinajstić information content (AvgIpc) is 3.53. The molecule has 2 aromatic carbocycles. The summed E-state index contributed by atoms with van der Waals surface area (Å²) in [6.07, 6.45) is 6.23. The van der Waals surface area contributed by atoms with Gasteiger partial charge in [-0.3, -0.25) is 4.79 Å². The number of aromatic nitrogens is 2. The minimum Gasteiger partial charge on any atom is -0.450 e. The zero-order valence-electron chi connectivity index (χ0n) is 22.7. The molecule has 4 aromatic rings. The second-order valence-corrected chi connectivity index (χ2v) is 12.3. The number of nitrogens with zero attached hydrogens (tertiary/aromatic N) is 2. The lowest BCUT2D eigenvalue weighted by Gasteiger charge is -2.20. The summed E-state index contributed by atoms with van der Waals surface area (Å²) in [5, 5.41) is 9.09. The van der Waals surface area contributed by atoms with Gasteiger partial charge in [-0.25, -0.2) is 9.48 Å². The van der Waals surface area contributed by atoms with Gasteiger partial charge < -0.3 is 14.5 Å². The average molecular weight is 546 g/mol. The zero-order valence-corrected chi connectivity index (χ0v) is 23.6. The summed E-state index contributed by atoms with van der Waals surface area (Å²) in [7, 11) is 0. The first kappa shape index (κ1) is 27.1. The number of thioether (sulfide) groups is 1. The van der Waals surface area contributed by atoms with Gasteiger partial charge >= 0.3 is 5.97 Å². The molecule has 1 amide bonds. The van der Waals surface area contributed by atoms with Crippen LogP contribution < -0.4 is 5.32 Å². The number of benzene rings is 2. The van der Waals surface area contributed by atoms with E-state index in [1.165, 1.54) is 32.1 Å². The van der Waals surface area contributed by atoms with Gasteiger partial charge in [0, 0.05) is 33.4 Å². The summed E-state index contributed by atoms with van der Waals surface area (Å²) >= 11 is 1.87. The van der Waals surface area contributed by atoms with Crippen LogP contribution in [0.1, 0.15) is 74.7 Å². The van der Waals surface area contributed by atoms with E-state index < -0.39 is 18.5 Å². The molecule has 0 unspecified atom stereocenters. The number of furan rings is 1. The van der Waals surface area contributed by atoms with Crippen LogP contribution in [0.3, 0.4) is 0 Å². The Labute approximate surface area is 233 Å². The molecule has 0 radical (unpaired) electrons. The molecule has 2 aromatic heterocycles. The van der Waals surface area contributed by atoms with Gasteiger partial charge in [0.25, 0.3) is 5.91 Å². The fourth-order valence-corrected chi connectivity index (χ4v) is 6.17. The highest BCUT2D eigenvalue weighted by atomic mass is 32.2. The van der Waals surface area contributed by atoms with E-state index in [-0.39, 0.29) is 11.2 Å². The molecule has 5 rings (SSSR count). The number of fused-ring (bicyclic) bond motifs is 1. The maximum atomic E-state index is 13.1. The normalized spacial score (nSPS) is 14.4. The van der Waals surface area contributed by atoms with Crippen LogP contribution in [0.4, 0.5) is 5.82 Å². The van der Waals surface area contributed by atoms with Crippen LogP contribution in [0, 0.1) is 0 Å². The van der Waals surface area contributed by atoms with E-state index in [1.54, 1.807) is 4.68 Å². The predicted octanol–water partition coefficient (Wildman–Crippen LogP) is 7.28. The number of anilines is 1. The van der Waals surface area contributed by atoms with E-state index in [1.807, 2.05) is 72.4 Å². The summed E-state index contributed by atoms with van der Waals surface area (Å²) in [6, 6.07) is 19.1. The summed E-state index contributed by atoms with van der Waals surface area (Å²) in [5.74, 6) is 0.282. The van der Waals surface area contributed by atoms with Gasteiger partial charge in [-0.2, -0.15) is 16.9 Å². The van der Waals surface area contributed by atoms with Crippen molar-refractivity contribution in [1.29, 1.82) is 0 Å². The number of esters is 1. The highest BCUT2D eigenvalue weighted by Gasteiger charge is 2.25. The molecule has 1 N–H and O–H groups in total. The highest BCUT2D eigenvalue weighted by molar-refractivity contribution is 7.99. The first-order valence-electron chi connectivity index (χ1n) is 13.5. The predicted molar refractivity (Wildman–Crippen MR) is 156 cm³/mol. The Morgan fingerprint density at radius 2 is 1.77 bits per heavy atom. The van der Waals surface area contributed by atoms with Crippen LogP contribution in [0.2, 0.25) is 0 Å². The lowest BCUT2D eigenvalue weighted by molar-refractivity contribution is -0.119. The third-order valence-electron chi connectivity index (χ3n) is 6.98. The molecule has 7 nitrogen and oxygen atoms in total. The molecule has 1 aliphatic rings. The quantitative estimate of drug-likeness (QED) is 0.234. The molecule has 0 spiro atoms. The Hall–Kier alpha value is -3.52. The van der Waals surface area contributed by atoms with Gasteiger partial charge in [-0.15, -0.1) is 0 Å². The fourth-order valence-electron chi connectivity index (χ4n) is 4.82. The molecular formula is C31H35N3O4S. The molecule has 1 saturated carbocycles. The van der Waals surface area contributed by atoms with Crippen LogP contribution >= 0.6 is 11.8 Å². The van der Waals surface area contributed by atoms with Crippen molar-refractivity contribution in [2.75, 3.05) is 11.9 Å². The molecule has 1 fully saturated rings. The van der Waals surface area contributed by atoms with Gasteiger partial charge in [0.05, 0.1) is 11.4 Å². The van der Waals surface area contributed by atoms with Crippen molar-refractivity contribution in [2.24, 2.45) is 0 Å². The maximum absolute atomic E-state index is 13.1. The topological polar surface area (TPSA) is 86.4 Å². The monoisotopic (exact) mass is 545 g/mol. The Balaban J connectivity index is 1.29. The summed E-state index contributed by atoms with van der Waals surface area (Å²) in [4.78, 5) is 26.1. The lowest BCUT2D eigenvalue weighted by Crippen LogP contribution is -2.22. The molecule has 8 heteroatoms. The molecule has 0 bridgehead atoms. The Kier molecular flexibility index (Phi) is 8.12. The summed E-state index contributed by atoms with van der Waals surface area (Å²) < 4.78 is 13.1. The van der Waals surface area contributed by atoms with Crippen LogP contribution in [0.15, 0.2) is 65.1 Å². The van der Waals surface area contributed by atoms with Crippen molar-refractivity contribution < 1.29 is 18.7 Å². The van der Waals surface area contributed by atoms with E-state index in [0.717, 1.165) is 22.3 Å². The van der Waals surface area contributed by atoms with Gasteiger partial charge in [0.15, 0.2) is 6.61 Å². The van der Waals surface area contributed by atoms with Gasteiger partial charge in [-0.1, -0.05) is 76.4 Å². The molecular weight excluding hydrogens is 510 g/mol. The van der Waals surface area contributed by atoms with E-state index in [9.17, 15) is 9.59 Å². The molecule has 2 heterocycles. The SMILES string of the molecule is CC(C)(C)c1cc(NC(=O)COC(=O)c2oc3ccccc3c2CSC2CCCCC2)n(-c2ccccc2)n1. The number of ether oxygens (including phenoxy) is 1. The smallest absolute Gasteiger partial charge is 0.375 e. The Bertz CT molecular complexity index is 1450. The van der Waals surface area contributed by atoms with Crippen molar-refractivity contribution in [1.82, 2.24) is 9.78 Å². The number of para-hydroxylation sites is 2. The number of hydrogen-bond acceptors (Lipinski definition) is 6. The third-order valence-corrected chi connectivity index (χ3v) is 8.38. The van der Waals surface area contributed by atoms with Crippen molar-refractivity contribution in [3.63, 3.8) is 0 Å². The maximum Gasteiger partial charge on any atom is 0.375 e. The van der Waals surface area contributed by atoms with Crippen molar-refractivity contribution in [3.8, 4) is 5.69 Å². The van der Waals surface area contributed by atoms with Crippen LogP contribution in [-0.2, 0) is 20.7 Å². The number of carbonyl (C=O) groups is 2. The molecule has 0 atom stereocenters. The van der Waals surface area contributed by atoms with E-state index in [0.29, 0.717) is 22.4 Å². The second kappa shape index (κ2) is 11.7. The second-order valence-electron chi connectivity index (χ2n) is 11.0. The number of hydrogen-bond donors (Lipinski definition) is 1. The molecule has 204 valence electrons. The van der Waals surface area contributed by atoms with Crippen LogP contribution in [-0.4, -0.2) is 33.5 Å². The lowest BCUT2D eigenvalue weighted by atomic mass is 9.92. The highest BCUT2D eigenvalue weighted by Crippen LogP contribution is 2.35. The van der Waals surface area contributed by atoms with Crippen molar-refractivity contribution in [2.45, 2.75) is 69.3 Å². The summed E-state index contributed by atoms with van der Waals surface area (Å²) in [5.41, 5.74) is 2.93. The minimum atomic E-state index is -0.632. The van der Waals surface area contributed by atoms with Crippen molar-refractivity contribution >= 4 is 40.4 Å². The molecule has 0 saturated heterocycles. The molecule has 39 heavy (non-hydrogen) atoms. The number of rotatable bonds is 8. The Morgan fingerprint density at radius 1 is 1.05 bits per heavy atom. The van der Waals surface area contributed by atoms with E-state index in [2.05, 4.69) is 26.1 Å². The van der Waals surface area contributed by atoms with Crippen molar-refractivity contribution in [3.05, 3.63) is 77.7 Å². The first-order chi connectivity index (χ1) is 18.8. The van der Waals surface area contributed by atoms with Gasteiger partial charge in [0.1, 0.15) is 11.4 Å². The fraction of sp³-hybridized carbons (Fsp3) is 0.387. The first-order valence-corrected chi connectivity index (χ1v) is 14.6. The largest absolute Gasteiger partial charge is 0.450 e. The van der Waals surface area contributed by atoms with Gasteiger partial charge in [-0.05, 0) is 31.0 Å². The standard InChI is InChI=1S/C31H35N3O4S/c1-31(2,3)26-18-27(34(33-26)21-12-6-4-7-13-21)32-28(35)19-37-30(36)29-24(20-39-22-14-8-5-9-15-22)23-16-10-11-17-25(23)38-29/h4,6-7,10-13,16-18,22H,5,8-9,14-15,19-20H2,1-3H3,(H,32,35). The van der Waals surface area contributed by atoms with Crippen LogP contribution in [0.25, 0.3) is 16.7 Å². The molecule has 0 aliphatic heterocycles. The van der Waals surface area contributed by atoms with Crippen LogP contribution in [0.5, 0.6) is 0 Å². The minimum absolute atomic E-state index is 0.177. The number of amides is 1. The number of carbonyl (C=O) groups excluding carboxylic acids is 2. The zero-order chi connectivity index (χ0) is 27.4.